The number of aromatic nitrogens is 16. The highest BCUT2D eigenvalue weighted by Gasteiger charge is 2.37. The van der Waals surface area contributed by atoms with Crippen LogP contribution in [0.4, 0.5) is 84.3 Å². The van der Waals surface area contributed by atoms with E-state index in [-0.39, 0.29) is 94.4 Å². The molecule has 632 valence electrons. The van der Waals surface area contributed by atoms with Gasteiger partial charge in [0.15, 0.2) is 17.3 Å². The first-order valence-corrected chi connectivity index (χ1v) is 37.4. The zero-order valence-corrected chi connectivity index (χ0v) is 67.2. The van der Waals surface area contributed by atoms with E-state index in [1.807, 2.05) is 60.1 Å². The van der Waals surface area contributed by atoms with Gasteiger partial charge in [-0.2, -0.15) is 52.7 Å². The largest absolute Gasteiger partial charge is 0.433 e. The van der Waals surface area contributed by atoms with Crippen molar-refractivity contribution in [1.29, 1.82) is 0 Å². The minimum atomic E-state index is -4.63. The predicted molar refractivity (Wildman–Crippen MR) is 435 cm³/mol. The maximum absolute atomic E-state index is 14.0. The predicted octanol–water partition coefficient (Wildman–Crippen LogP) is 22.0. The maximum Gasteiger partial charge on any atom is 0.433 e. The Bertz CT molecular complexity index is 6870. The van der Waals surface area contributed by atoms with E-state index in [2.05, 4.69) is 96.0 Å². The number of fused-ring (bicyclic) bond motifs is 4. The Morgan fingerprint density at radius 1 is 0.387 bits per heavy atom. The summed E-state index contributed by atoms with van der Waals surface area (Å²) in [4.78, 5) is 107. The summed E-state index contributed by atoms with van der Waals surface area (Å²) in [5.74, 6) is -2.58. The third-order valence-corrected chi connectivity index (χ3v) is 19.4. The number of alkyl halides is 12. The first-order valence-electron chi connectivity index (χ1n) is 35.5. The average Bonchev–Trinajstić information content (AvgIpc) is 1.61. The third-order valence-electron chi connectivity index (χ3n) is 18.0. The first kappa shape index (κ1) is 88.1. The van der Waals surface area contributed by atoms with E-state index in [0.29, 0.717) is 72.8 Å². The lowest BCUT2D eigenvalue weighted by molar-refractivity contribution is -0.142. The van der Waals surface area contributed by atoms with E-state index in [1.54, 1.807) is 18.2 Å². The molecule has 0 radical (unpaired) electrons. The van der Waals surface area contributed by atoms with E-state index < -0.39 is 82.7 Å². The van der Waals surface area contributed by atoms with Gasteiger partial charge in [-0.25, -0.2) is 68.6 Å². The number of nitrogens with zero attached hydrogens (tertiary/aromatic N) is 13. The number of aromatic amines is 3. The molecule has 0 saturated heterocycles. The number of pyridine rings is 8. The summed E-state index contributed by atoms with van der Waals surface area (Å²) >= 11 is 30.8. The van der Waals surface area contributed by atoms with Crippen molar-refractivity contribution >= 4 is 149 Å². The van der Waals surface area contributed by atoms with Crippen molar-refractivity contribution in [3.8, 4) is 45.7 Å². The number of hydrogen-bond donors (Lipinski definition) is 7. The zero-order chi connectivity index (χ0) is 89.3. The molecule has 0 unspecified atom stereocenters. The lowest BCUT2D eigenvalue weighted by Gasteiger charge is -2.11. The van der Waals surface area contributed by atoms with Crippen LogP contribution in [0.2, 0.25) is 25.4 Å². The SMILES string of the molecule is Cc1nc(C(F)(F)F)ccc1C(=O)Nc1ccc(Cl)c(-c2nc3c(F)cc(F)cc3[nH]2)c1.Cc1nc(C(F)(F)F)ccc1C(=O)Nc1ccc(Cl)c(-c2nc3ccccc3[nH]2)n1.Cc1nc(C(F)(F)F)ccc1C(=O)Nc1cnc(Cl)c(-c2nc3ccccc3n2C)c1.Cc1nc(C(F)(F)F)ccc1C(=O)Nc1cnc(Cl)c(-c2nc3ncc(Cl)cc3[nH]2)c1. The van der Waals surface area contributed by atoms with Gasteiger partial charge < -0.3 is 40.8 Å². The Morgan fingerprint density at radius 2 is 0.839 bits per heavy atom. The van der Waals surface area contributed by atoms with Gasteiger partial charge in [0.1, 0.15) is 73.4 Å². The number of carbonyl (C=O) groups is 4. The number of H-pyrrole nitrogens is 3. The molecule has 0 saturated carbocycles. The highest BCUT2D eigenvalue weighted by Crippen LogP contribution is 2.38. The van der Waals surface area contributed by atoms with Gasteiger partial charge in [-0.15, -0.1) is 0 Å². The minimum Gasteiger partial charge on any atom is -0.338 e. The Morgan fingerprint density at radius 3 is 1.35 bits per heavy atom. The number of carbonyl (C=O) groups excluding carboxylic acids is 4. The van der Waals surface area contributed by atoms with Crippen LogP contribution in [0.3, 0.4) is 0 Å². The number of nitrogens with one attached hydrogen (secondary N) is 7. The quantitative estimate of drug-likeness (QED) is 0.0441. The van der Waals surface area contributed by atoms with Gasteiger partial charge in [-0.1, -0.05) is 82.3 Å². The number of aryl methyl sites for hydroxylation is 5. The van der Waals surface area contributed by atoms with Gasteiger partial charge in [-0.05, 0) is 155 Å². The molecule has 12 heterocycles. The molecule has 0 spiro atoms. The standard InChI is InChI=1S/C21H12ClF5N4O.C21H15ClF3N5O.C20H13ClF3N5O.C19H11Cl2F3N6O/c1-9-12(3-5-17(28-9)21(25,26)27)20(32)29-11-2-4-14(22)13(8-11)19-30-16-7-10(23)6-15(24)18(16)31-19;1-11-13(7-8-17(27-11)21(23,24)25)20(31)28-12-9-14(18(22)26-10-12)19-29-15-5-3-4-6-16(15)30(19)2;1-10-11(6-8-15(25-10)20(22,23)24)19(30)29-16-9-7-12(21)17(28-16)18-26-13-4-2-3-5-14(13)27-18;1-8-11(2-3-14(27-8)19(22,23)24)18(31)28-10-5-12(15(21)25-7-10)16-29-13-4-9(20)6-26-17(13)30-16/h2-8H,1H3,(H,29,32)(H,30,31);3-10H,1-2H3,(H,28,31);2-9H,1H3,(H,26,27)(H,28,29,30);2-7H,1H3,(H,28,31)(H,26,29,30). The monoisotopic (exact) mass is 1810 g/mol. The van der Waals surface area contributed by atoms with Crippen LogP contribution in [-0.2, 0) is 31.8 Å². The van der Waals surface area contributed by atoms with Crippen LogP contribution < -0.4 is 21.3 Å². The van der Waals surface area contributed by atoms with Crippen molar-refractivity contribution in [3.05, 3.63) is 281 Å². The molecule has 0 aliphatic rings. The molecule has 0 atom stereocenters. The summed E-state index contributed by atoms with van der Waals surface area (Å²) < 4.78 is 183. The van der Waals surface area contributed by atoms with Crippen LogP contribution in [0, 0.1) is 39.3 Å². The fourth-order valence-corrected chi connectivity index (χ4v) is 13.0. The van der Waals surface area contributed by atoms with Crippen molar-refractivity contribution < 1.29 is 80.6 Å². The summed E-state index contributed by atoms with van der Waals surface area (Å²) in [6.45, 7) is 5.29. The van der Waals surface area contributed by atoms with E-state index in [1.165, 1.54) is 76.6 Å². The molecular formula is C81H51Cl5F14N20O4. The Balaban J connectivity index is 0.000000142. The van der Waals surface area contributed by atoms with E-state index >= 15 is 0 Å². The van der Waals surface area contributed by atoms with Gasteiger partial charge in [0.25, 0.3) is 23.6 Å². The van der Waals surface area contributed by atoms with Crippen molar-refractivity contribution in [2.24, 2.45) is 7.05 Å². The molecular weight excluding hydrogens is 1760 g/mol. The fourth-order valence-electron chi connectivity index (χ4n) is 12.1. The molecule has 0 bridgehead atoms. The average molecular weight is 1810 g/mol. The number of para-hydroxylation sites is 4. The number of imidazole rings is 4. The summed E-state index contributed by atoms with van der Waals surface area (Å²) in [7, 11) is 1.84. The van der Waals surface area contributed by atoms with E-state index in [4.69, 9.17) is 58.0 Å². The first-order chi connectivity index (χ1) is 58.5. The molecule has 4 aromatic carbocycles. The molecule has 124 heavy (non-hydrogen) atoms. The smallest absolute Gasteiger partial charge is 0.338 e. The summed E-state index contributed by atoms with van der Waals surface area (Å²) in [5, 5.41) is 11.6. The van der Waals surface area contributed by atoms with Crippen LogP contribution in [0.15, 0.2) is 176 Å². The highest BCUT2D eigenvalue weighted by molar-refractivity contribution is 6.34. The lowest BCUT2D eigenvalue weighted by atomic mass is 10.1. The second-order valence-corrected chi connectivity index (χ2v) is 28.5. The summed E-state index contributed by atoms with van der Waals surface area (Å²) in [6, 6.07) is 36.2. The summed E-state index contributed by atoms with van der Waals surface area (Å²) in [6.07, 6.45) is -14.3. The van der Waals surface area contributed by atoms with E-state index in [0.717, 1.165) is 76.7 Å². The third kappa shape index (κ3) is 20.1. The molecule has 4 amide bonds. The van der Waals surface area contributed by atoms with Crippen molar-refractivity contribution in [3.63, 3.8) is 0 Å². The minimum absolute atomic E-state index is 0.00466. The van der Waals surface area contributed by atoms with Gasteiger partial charge >= 0.3 is 24.7 Å². The number of halogens is 19. The Labute approximate surface area is 712 Å². The maximum atomic E-state index is 14.0. The number of amides is 4. The van der Waals surface area contributed by atoms with Crippen molar-refractivity contribution in [2.75, 3.05) is 21.3 Å². The topological polar surface area (TPSA) is 323 Å². The zero-order valence-electron chi connectivity index (χ0n) is 63.4. The van der Waals surface area contributed by atoms with E-state index in [9.17, 15) is 80.6 Å². The normalized spacial score (nSPS) is 11.7. The molecule has 0 aliphatic heterocycles. The van der Waals surface area contributed by atoms with Gasteiger partial charge in [0, 0.05) is 30.6 Å². The Kier molecular flexibility index (Phi) is 25.2. The molecule has 7 N–H and O–H groups in total. The van der Waals surface area contributed by atoms with Crippen molar-refractivity contribution in [1.82, 2.24) is 79.3 Å². The highest BCUT2D eigenvalue weighted by atomic mass is 35.5. The molecule has 16 rings (SSSR count). The second kappa shape index (κ2) is 35.4. The van der Waals surface area contributed by atoms with Gasteiger partial charge in [0.05, 0.1) is 128 Å². The molecule has 0 aliphatic carbocycles. The molecule has 43 heteroatoms. The van der Waals surface area contributed by atoms with Gasteiger partial charge in [-0.3, -0.25) is 19.2 Å². The lowest BCUT2D eigenvalue weighted by Crippen LogP contribution is -2.17. The Hall–Kier alpha value is -13.7. The van der Waals surface area contributed by atoms with Crippen LogP contribution in [0.25, 0.3) is 89.9 Å². The van der Waals surface area contributed by atoms with Crippen LogP contribution in [-0.4, -0.2) is 103 Å². The molecule has 12 aromatic heterocycles. The summed E-state index contributed by atoms with van der Waals surface area (Å²) in [5.41, 5.74) is 2.00. The number of anilines is 4. The number of benzene rings is 4. The molecule has 0 fully saturated rings. The van der Waals surface area contributed by atoms with Crippen LogP contribution in [0.1, 0.15) is 87.0 Å². The number of hydrogen-bond acceptors (Lipinski definition) is 16. The van der Waals surface area contributed by atoms with Gasteiger partial charge in [0.2, 0.25) is 0 Å². The van der Waals surface area contributed by atoms with Crippen LogP contribution >= 0.6 is 58.0 Å². The number of rotatable bonds is 12. The second-order valence-electron chi connectivity index (χ2n) is 26.5. The van der Waals surface area contributed by atoms with Crippen molar-refractivity contribution in [2.45, 2.75) is 52.4 Å². The molecule has 16 aromatic rings. The van der Waals surface area contributed by atoms with Crippen LogP contribution in [0.5, 0.6) is 0 Å². The molecule has 24 nitrogen and oxygen atoms in total. The fraction of sp³-hybridized carbons (Fsp3) is 0.111.